The van der Waals surface area contributed by atoms with Crippen molar-refractivity contribution in [3.05, 3.63) is 10.6 Å². The summed E-state index contributed by atoms with van der Waals surface area (Å²) in [6.45, 7) is 9.38. The lowest BCUT2D eigenvalue weighted by Crippen LogP contribution is -2.30. The van der Waals surface area contributed by atoms with E-state index in [0.717, 1.165) is 16.6 Å². The van der Waals surface area contributed by atoms with Gasteiger partial charge in [-0.2, -0.15) is 11.8 Å². The van der Waals surface area contributed by atoms with Crippen LogP contribution in [-0.4, -0.2) is 30.1 Å². The van der Waals surface area contributed by atoms with Gasteiger partial charge in [0, 0.05) is 35.7 Å². The molecule has 18 heavy (non-hydrogen) atoms. The van der Waals surface area contributed by atoms with E-state index in [0.29, 0.717) is 12.6 Å². The number of thiazole rings is 1. The summed E-state index contributed by atoms with van der Waals surface area (Å²) in [4.78, 5) is 8.28. The Morgan fingerprint density at radius 3 is 2.44 bits per heavy atom. The first-order valence-electron chi connectivity index (χ1n) is 6.23. The Labute approximate surface area is 119 Å². The maximum absolute atomic E-state index is 5.84. The van der Waals surface area contributed by atoms with Crippen molar-refractivity contribution in [2.75, 3.05) is 24.0 Å². The van der Waals surface area contributed by atoms with Gasteiger partial charge in [0.2, 0.25) is 0 Å². The second-order valence-corrected chi connectivity index (χ2v) is 7.61. The topological polar surface area (TPSA) is 42.2 Å². The molecule has 0 saturated carbocycles. The van der Waals surface area contributed by atoms with Crippen molar-refractivity contribution in [1.82, 2.24) is 4.98 Å². The smallest absolute Gasteiger partial charge is 0.185 e. The van der Waals surface area contributed by atoms with Crippen LogP contribution in [0.4, 0.5) is 5.13 Å². The largest absolute Gasteiger partial charge is 0.348 e. The van der Waals surface area contributed by atoms with Crippen molar-refractivity contribution in [2.45, 2.75) is 45.7 Å². The minimum absolute atomic E-state index is 0.0625. The normalized spacial score (nSPS) is 13.7. The summed E-state index contributed by atoms with van der Waals surface area (Å²) in [5, 5.41) is 1.09. The quantitative estimate of drug-likeness (QED) is 0.903. The zero-order valence-electron chi connectivity index (χ0n) is 12.3. The minimum atomic E-state index is 0.0625. The summed E-state index contributed by atoms with van der Waals surface area (Å²) in [5.74, 6) is 1.11. The molecular weight excluding hydrogens is 262 g/mol. The molecular formula is C13H25N3S2. The van der Waals surface area contributed by atoms with E-state index in [2.05, 4.69) is 45.9 Å². The first kappa shape index (κ1) is 15.8. The Bertz CT molecular complexity index is 382. The molecule has 1 aromatic heterocycles. The highest BCUT2D eigenvalue weighted by Crippen LogP contribution is 2.33. The predicted molar refractivity (Wildman–Crippen MR) is 85.0 cm³/mol. The van der Waals surface area contributed by atoms with Gasteiger partial charge in [-0.25, -0.2) is 4.98 Å². The third-order valence-corrected chi connectivity index (χ3v) is 4.94. The monoisotopic (exact) mass is 287 g/mol. The van der Waals surface area contributed by atoms with Crippen molar-refractivity contribution in [3.8, 4) is 0 Å². The predicted octanol–water partition coefficient (Wildman–Crippen LogP) is 3.09. The standard InChI is InChI=1S/C13H25N3S2/c1-9(8-17-6)16(5)12-15-11(13(2,3)4)10(7-14)18-12/h9H,7-8,14H2,1-6H3. The Morgan fingerprint density at radius 1 is 1.44 bits per heavy atom. The Morgan fingerprint density at radius 2 is 2.06 bits per heavy atom. The molecule has 0 amide bonds. The molecule has 0 saturated heterocycles. The number of aromatic nitrogens is 1. The van der Waals surface area contributed by atoms with Crippen LogP contribution in [0.3, 0.4) is 0 Å². The fraction of sp³-hybridized carbons (Fsp3) is 0.769. The second-order valence-electron chi connectivity index (χ2n) is 5.64. The molecule has 1 aromatic rings. The molecule has 0 bridgehead atoms. The highest BCUT2D eigenvalue weighted by molar-refractivity contribution is 7.98. The zero-order chi connectivity index (χ0) is 13.9. The van der Waals surface area contributed by atoms with Gasteiger partial charge in [-0.3, -0.25) is 0 Å². The molecule has 3 nitrogen and oxygen atoms in total. The maximum Gasteiger partial charge on any atom is 0.185 e. The van der Waals surface area contributed by atoms with Crippen LogP contribution in [0, 0.1) is 0 Å². The fourth-order valence-electron chi connectivity index (χ4n) is 1.76. The van der Waals surface area contributed by atoms with Crippen molar-refractivity contribution in [1.29, 1.82) is 0 Å². The number of thioether (sulfide) groups is 1. The highest BCUT2D eigenvalue weighted by Gasteiger charge is 2.24. The van der Waals surface area contributed by atoms with Crippen LogP contribution in [0.15, 0.2) is 0 Å². The molecule has 0 aromatic carbocycles. The van der Waals surface area contributed by atoms with Crippen LogP contribution >= 0.6 is 23.1 Å². The highest BCUT2D eigenvalue weighted by atomic mass is 32.2. The number of nitrogens with zero attached hydrogens (tertiary/aromatic N) is 2. The van der Waals surface area contributed by atoms with E-state index in [-0.39, 0.29) is 5.41 Å². The van der Waals surface area contributed by atoms with Crippen LogP contribution in [0.1, 0.15) is 38.3 Å². The molecule has 0 spiro atoms. The number of nitrogens with two attached hydrogens (primary N) is 1. The molecule has 0 aliphatic heterocycles. The van der Waals surface area contributed by atoms with E-state index in [1.807, 2.05) is 11.8 Å². The van der Waals surface area contributed by atoms with Crippen molar-refractivity contribution in [3.63, 3.8) is 0 Å². The van der Waals surface area contributed by atoms with Crippen LogP contribution in [0.5, 0.6) is 0 Å². The molecule has 2 N–H and O–H groups in total. The van der Waals surface area contributed by atoms with Gasteiger partial charge in [-0.15, -0.1) is 11.3 Å². The van der Waals surface area contributed by atoms with E-state index in [9.17, 15) is 0 Å². The van der Waals surface area contributed by atoms with Gasteiger partial charge in [-0.1, -0.05) is 20.8 Å². The average Bonchev–Trinajstić information content (AvgIpc) is 2.71. The number of rotatable bonds is 5. The van der Waals surface area contributed by atoms with Gasteiger partial charge in [0.05, 0.1) is 5.69 Å². The second kappa shape index (κ2) is 6.26. The van der Waals surface area contributed by atoms with E-state index in [1.165, 1.54) is 4.88 Å². The molecule has 0 radical (unpaired) electrons. The first-order valence-corrected chi connectivity index (χ1v) is 8.44. The minimum Gasteiger partial charge on any atom is -0.348 e. The zero-order valence-corrected chi connectivity index (χ0v) is 13.9. The number of hydrogen-bond acceptors (Lipinski definition) is 5. The lowest BCUT2D eigenvalue weighted by molar-refractivity contribution is 0.565. The van der Waals surface area contributed by atoms with E-state index >= 15 is 0 Å². The number of hydrogen-bond donors (Lipinski definition) is 1. The lowest BCUT2D eigenvalue weighted by atomic mass is 9.91. The third-order valence-electron chi connectivity index (χ3n) is 2.95. The summed E-state index contributed by atoms with van der Waals surface area (Å²) in [7, 11) is 2.12. The van der Waals surface area contributed by atoms with E-state index in [4.69, 9.17) is 10.7 Å². The van der Waals surface area contributed by atoms with Crippen LogP contribution < -0.4 is 10.6 Å². The summed E-state index contributed by atoms with van der Waals surface area (Å²) < 4.78 is 0. The maximum atomic E-state index is 5.84. The molecule has 1 atom stereocenters. The summed E-state index contributed by atoms with van der Waals surface area (Å²) in [6, 6.07) is 0.490. The average molecular weight is 287 g/mol. The molecule has 104 valence electrons. The Balaban J connectivity index is 3.01. The first-order chi connectivity index (χ1) is 8.31. The van der Waals surface area contributed by atoms with Gasteiger partial charge in [0.1, 0.15) is 0 Å². The van der Waals surface area contributed by atoms with Crippen LogP contribution in [0.25, 0.3) is 0 Å². The van der Waals surface area contributed by atoms with Gasteiger partial charge >= 0.3 is 0 Å². The Kier molecular flexibility index (Phi) is 5.49. The van der Waals surface area contributed by atoms with Gasteiger partial charge in [0.15, 0.2) is 5.13 Å². The summed E-state index contributed by atoms with van der Waals surface area (Å²) in [6.07, 6.45) is 2.14. The SMILES string of the molecule is CSCC(C)N(C)c1nc(C(C)(C)C)c(CN)s1. The third kappa shape index (κ3) is 3.62. The number of anilines is 1. The van der Waals surface area contributed by atoms with Gasteiger partial charge in [-0.05, 0) is 13.2 Å². The lowest BCUT2D eigenvalue weighted by Gasteiger charge is -2.23. The molecule has 1 unspecified atom stereocenters. The van der Waals surface area contributed by atoms with Crippen molar-refractivity contribution in [2.24, 2.45) is 5.73 Å². The fourth-order valence-corrected chi connectivity index (χ4v) is 3.68. The van der Waals surface area contributed by atoms with E-state index < -0.39 is 0 Å². The molecule has 0 aliphatic rings. The van der Waals surface area contributed by atoms with Crippen LogP contribution in [0.2, 0.25) is 0 Å². The van der Waals surface area contributed by atoms with Crippen molar-refractivity contribution >= 4 is 28.2 Å². The molecule has 5 heteroatoms. The molecule has 0 aliphatic carbocycles. The van der Waals surface area contributed by atoms with E-state index in [1.54, 1.807) is 11.3 Å². The molecule has 1 rings (SSSR count). The van der Waals surface area contributed by atoms with Crippen LogP contribution in [-0.2, 0) is 12.0 Å². The van der Waals surface area contributed by atoms with Crippen molar-refractivity contribution < 1.29 is 0 Å². The summed E-state index contributed by atoms with van der Waals surface area (Å²) in [5.41, 5.74) is 7.05. The summed E-state index contributed by atoms with van der Waals surface area (Å²) >= 11 is 3.59. The van der Waals surface area contributed by atoms with Gasteiger partial charge in [0.25, 0.3) is 0 Å². The van der Waals surface area contributed by atoms with Gasteiger partial charge < -0.3 is 10.6 Å². The Hall–Kier alpha value is -0.260. The molecule has 0 fully saturated rings. The molecule has 1 heterocycles.